The van der Waals surface area contributed by atoms with Crippen LogP contribution in [-0.2, 0) is 30.4 Å². The number of aromatic nitrogens is 1. The van der Waals surface area contributed by atoms with Gasteiger partial charge in [-0.15, -0.1) is 0 Å². The molecule has 0 saturated heterocycles. The van der Waals surface area contributed by atoms with Gasteiger partial charge in [0.1, 0.15) is 24.7 Å². The Kier molecular flexibility index (Phi) is 9.10. The fourth-order valence-electron chi connectivity index (χ4n) is 3.16. The van der Waals surface area contributed by atoms with Crippen LogP contribution in [0.5, 0.6) is 0 Å². The smallest absolute Gasteiger partial charge is 0.322 e. The maximum absolute atomic E-state index is 12.9. The molecule has 2 rings (SSSR count). The van der Waals surface area contributed by atoms with Crippen LogP contribution >= 0.6 is 0 Å². The van der Waals surface area contributed by atoms with E-state index in [1.165, 1.54) is 6.92 Å². The average Bonchev–Trinajstić information content (AvgIpc) is 3.18. The molecular weight excluding hydrogens is 450 g/mol. The molecule has 1 aromatic carbocycles. The zero-order valence-electron chi connectivity index (χ0n) is 18.3. The highest BCUT2D eigenvalue weighted by atomic mass is 16.4. The van der Waals surface area contributed by atoms with E-state index >= 15 is 0 Å². The van der Waals surface area contributed by atoms with Crippen LogP contribution in [0, 0.1) is 0 Å². The van der Waals surface area contributed by atoms with Gasteiger partial charge in [-0.25, -0.2) is 0 Å². The van der Waals surface area contributed by atoms with Crippen molar-refractivity contribution in [1.82, 2.24) is 20.9 Å². The molecule has 0 aliphatic heterocycles. The standard InChI is InChI=1S/C21H27N5O8/c1-10(27)18(22)21(34)26-15(7-16(28)29)20(33)25-14(19(32)24-9-17(30)31)6-11-8-23-13-5-3-2-4-12(11)13/h2-5,8,10,14-15,18,23,27H,6-7,9,22H2,1H3,(H,24,32)(H,25,33)(H,26,34)(H,28,29)(H,30,31). The Labute approximate surface area is 193 Å². The van der Waals surface area contributed by atoms with Gasteiger partial charge in [0.25, 0.3) is 0 Å². The lowest BCUT2D eigenvalue weighted by molar-refractivity contribution is -0.141. The number of carbonyl (C=O) groups is 5. The summed E-state index contributed by atoms with van der Waals surface area (Å²) in [7, 11) is 0. The molecule has 0 aliphatic rings. The van der Waals surface area contributed by atoms with E-state index in [2.05, 4.69) is 20.9 Å². The summed E-state index contributed by atoms with van der Waals surface area (Å²) in [6, 6.07) is 2.88. The summed E-state index contributed by atoms with van der Waals surface area (Å²) >= 11 is 0. The first-order chi connectivity index (χ1) is 16.0. The number of carboxylic acids is 2. The minimum atomic E-state index is -1.60. The number of rotatable bonds is 12. The second-order valence-electron chi connectivity index (χ2n) is 7.66. The van der Waals surface area contributed by atoms with Gasteiger partial charge in [-0.3, -0.25) is 24.0 Å². The Morgan fingerprint density at radius 3 is 2.24 bits per heavy atom. The molecule has 4 unspecified atom stereocenters. The lowest BCUT2D eigenvalue weighted by Crippen LogP contribution is -2.58. The number of amides is 3. The number of aliphatic hydroxyl groups is 1. The number of hydrogen-bond donors (Lipinski definition) is 8. The molecule has 3 amide bonds. The average molecular weight is 477 g/mol. The van der Waals surface area contributed by atoms with Gasteiger partial charge in [0.05, 0.1) is 12.5 Å². The first kappa shape index (κ1) is 26.3. The molecule has 1 heterocycles. The molecule has 34 heavy (non-hydrogen) atoms. The van der Waals surface area contributed by atoms with Gasteiger partial charge >= 0.3 is 11.9 Å². The predicted molar refractivity (Wildman–Crippen MR) is 118 cm³/mol. The number of aliphatic carboxylic acids is 2. The van der Waals surface area contributed by atoms with Crippen LogP contribution in [0.4, 0.5) is 0 Å². The summed E-state index contributed by atoms with van der Waals surface area (Å²) < 4.78 is 0. The topological polar surface area (TPSA) is 224 Å². The van der Waals surface area contributed by atoms with E-state index in [0.29, 0.717) is 5.56 Å². The summed E-state index contributed by atoms with van der Waals surface area (Å²) in [5, 5.41) is 35.0. The number of aromatic amines is 1. The number of aliphatic hydroxyl groups excluding tert-OH is 1. The summed E-state index contributed by atoms with van der Waals surface area (Å²) in [5.41, 5.74) is 6.95. The Morgan fingerprint density at radius 2 is 1.62 bits per heavy atom. The Morgan fingerprint density at radius 1 is 0.971 bits per heavy atom. The van der Waals surface area contributed by atoms with Crippen molar-refractivity contribution in [2.24, 2.45) is 5.73 Å². The number of carboxylic acid groups (broad SMARTS) is 2. The van der Waals surface area contributed by atoms with Gasteiger partial charge in [-0.2, -0.15) is 0 Å². The molecule has 13 nitrogen and oxygen atoms in total. The fourth-order valence-corrected chi connectivity index (χ4v) is 3.16. The van der Waals surface area contributed by atoms with E-state index in [9.17, 15) is 29.1 Å². The fraction of sp³-hybridized carbons (Fsp3) is 0.381. The van der Waals surface area contributed by atoms with Gasteiger partial charge in [0, 0.05) is 23.5 Å². The van der Waals surface area contributed by atoms with Crippen LogP contribution < -0.4 is 21.7 Å². The zero-order valence-corrected chi connectivity index (χ0v) is 18.3. The number of para-hydroxylation sites is 1. The van der Waals surface area contributed by atoms with Crippen molar-refractivity contribution < 1.29 is 39.3 Å². The van der Waals surface area contributed by atoms with Gasteiger partial charge < -0.3 is 42.0 Å². The molecule has 4 atom stereocenters. The zero-order chi connectivity index (χ0) is 25.4. The highest BCUT2D eigenvalue weighted by Gasteiger charge is 2.31. The monoisotopic (exact) mass is 477 g/mol. The molecule has 13 heteroatoms. The van der Waals surface area contributed by atoms with Crippen molar-refractivity contribution in [1.29, 1.82) is 0 Å². The number of nitrogens with one attached hydrogen (secondary N) is 4. The Balaban J connectivity index is 2.26. The van der Waals surface area contributed by atoms with Crippen LogP contribution in [0.15, 0.2) is 30.5 Å². The molecule has 0 fully saturated rings. The molecule has 9 N–H and O–H groups in total. The lowest BCUT2D eigenvalue weighted by Gasteiger charge is -2.23. The number of fused-ring (bicyclic) bond motifs is 1. The molecule has 184 valence electrons. The van der Waals surface area contributed by atoms with Crippen LogP contribution in [-0.4, -0.2) is 80.7 Å². The lowest BCUT2D eigenvalue weighted by atomic mass is 10.0. The van der Waals surface area contributed by atoms with Crippen LogP contribution in [0.2, 0.25) is 0 Å². The largest absolute Gasteiger partial charge is 0.481 e. The number of carbonyl (C=O) groups excluding carboxylic acids is 3. The normalized spacial score (nSPS) is 14.4. The second kappa shape index (κ2) is 11.8. The predicted octanol–water partition coefficient (Wildman–Crippen LogP) is -1.94. The molecule has 2 aromatic rings. The minimum Gasteiger partial charge on any atom is -0.481 e. The first-order valence-electron chi connectivity index (χ1n) is 10.3. The van der Waals surface area contributed by atoms with Crippen molar-refractivity contribution in [2.45, 2.75) is 44.0 Å². The van der Waals surface area contributed by atoms with Gasteiger partial charge in [0.2, 0.25) is 17.7 Å². The van der Waals surface area contributed by atoms with E-state index < -0.39 is 66.9 Å². The Bertz CT molecular complexity index is 1070. The van der Waals surface area contributed by atoms with Gasteiger partial charge in [-0.05, 0) is 18.6 Å². The molecular formula is C21H27N5O8. The van der Waals surface area contributed by atoms with E-state index in [1.807, 2.05) is 0 Å². The number of benzene rings is 1. The quantitative estimate of drug-likeness (QED) is 0.170. The minimum absolute atomic E-state index is 0.0534. The first-order valence-corrected chi connectivity index (χ1v) is 10.3. The molecule has 0 spiro atoms. The van der Waals surface area contributed by atoms with Crippen molar-refractivity contribution >= 4 is 40.6 Å². The SMILES string of the molecule is CC(O)C(N)C(=O)NC(CC(=O)O)C(=O)NC(Cc1c[nH]c2ccccc12)C(=O)NCC(=O)O. The van der Waals surface area contributed by atoms with Crippen LogP contribution in [0.3, 0.4) is 0 Å². The maximum Gasteiger partial charge on any atom is 0.322 e. The number of H-pyrrole nitrogens is 1. The molecule has 0 saturated carbocycles. The Hall–Kier alpha value is -3.97. The number of nitrogens with two attached hydrogens (primary N) is 1. The van der Waals surface area contributed by atoms with E-state index in [0.717, 1.165) is 10.9 Å². The van der Waals surface area contributed by atoms with Gasteiger partial charge in [-0.1, -0.05) is 18.2 Å². The van der Waals surface area contributed by atoms with Crippen molar-refractivity contribution in [3.05, 3.63) is 36.0 Å². The van der Waals surface area contributed by atoms with Crippen molar-refractivity contribution in [3.8, 4) is 0 Å². The summed E-state index contributed by atoms with van der Waals surface area (Å²) in [6.45, 7) is 0.554. The molecule has 0 radical (unpaired) electrons. The van der Waals surface area contributed by atoms with Crippen molar-refractivity contribution in [2.75, 3.05) is 6.54 Å². The third-order valence-corrected chi connectivity index (χ3v) is 4.98. The van der Waals surface area contributed by atoms with E-state index in [4.69, 9.17) is 15.9 Å². The molecule has 0 bridgehead atoms. The number of hydrogen-bond acceptors (Lipinski definition) is 7. The summed E-state index contributed by atoms with van der Waals surface area (Å²) in [5.74, 6) is -5.48. The van der Waals surface area contributed by atoms with Gasteiger partial charge in [0.15, 0.2) is 0 Å². The highest BCUT2D eigenvalue weighted by molar-refractivity contribution is 5.96. The summed E-state index contributed by atoms with van der Waals surface area (Å²) in [6.07, 6.45) is -0.500. The third-order valence-electron chi connectivity index (χ3n) is 4.98. The third kappa shape index (κ3) is 7.28. The highest BCUT2D eigenvalue weighted by Crippen LogP contribution is 2.19. The molecule has 1 aromatic heterocycles. The van der Waals surface area contributed by atoms with E-state index in [1.54, 1.807) is 30.5 Å². The molecule has 0 aliphatic carbocycles. The van der Waals surface area contributed by atoms with Crippen molar-refractivity contribution in [3.63, 3.8) is 0 Å². The summed E-state index contributed by atoms with van der Waals surface area (Å²) in [4.78, 5) is 62.8. The maximum atomic E-state index is 12.9. The van der Waals surface area contributed by atoms with Crippen LogP contribution in [0.1, 0.15) is 18.9 Å². The van der Waals surface area contributed by atoms with Crippen LogP contribution in [0.25, 0.3) is 10.9 Å². The second-order valence-corrected chi connectivity index (χ2v) is 7.66. The van der Waals surface area contributed by atoms with E-state index in [-0.39, 0.29) is 6.42 Å².